The van der Waals surface area contributed by atoms with Crippen molar-refractivity contribution in [3.63, 3.8) is 0 Å². The minimum absolute atomic E-state index is 0.0328. The predicted molar refractivity (Wildman–Crippen MR) is 104 cm³/mol. The quantitative estimate of drug-likeness (QED) is 0.756. The van der Waals surface area contributed by atoms with Crippen molar-refractivity contribution in [3.05, 3.63) is 68.6 Å². The molecule has 144 valence electrons. The number of hydrogen-bond acceptors (Lipinski definition) is 4. The predicted octanol–water partition coefficient (Wildman–Crippen LogP) is 3.67. The van der Waals surface area contributed by atoms with Crippen LogP contribution in [0.15, 0.2) is 35.1 Å². The van der Waals surface area contributed by atoms with Gasteiger partial charge in [-0.2, -0.15) is 0 Å². The number of aromatic nitrogens is 1. The Bertz CT molecular complexity index is 848. The molecule has 0 radical (unpaired) electrons. The van der Waals surface area contributed by atoms with Gasteiger partial charge in [0.15, 0.2) is 5.78 Å². The van der Waals surface area contributed by atoms with E-state index in [-0.39, 0.29) is 23.6 Å². The van der Waals surface area contributed by atoms with Crippen LogP contribution >= 0.6 is 0 Å². The van der Waals surface area contributed by atoms with E-state index in [1.807, 2.05) is 51.1 Å². The van der Waals surface area contributed by atoms with Gasteiger partial charge in [0.05, 0.1) is 18.8 Å². The minimum Gasteiger partial charge on any atom is -0.379 e. The molecule has 2 atom stereocenters. The summed E-state index contributed by atoms with van der Waals surface area (Å²) >= 11 is 0. The molecule has 1 fully saturated rings. The van der Waals surface area contributed by atoms with E-state index in [2.05, 4.69) is 4.98 Å². The van der Waals surface area contributed by atoms with Crippen molar-refractivity contribution in [2.75, 3.05) is 13.2 Å². The van der Waals surface area contributed by atoms with Gasteiger partial charge in [-0.05, 0) is 50.8 Å². The van der Waals surface area contributed by atoms with Crippen LogP contribution in [0.1, 0.15) is 58.6 Å². The number of pyridine rings is 1. The lowest BCUT2D eigenvalue weighted by atomic mass is 9.99. The maximum absolute atomic E-state index is 12.5. The molecule has 0 spiro atoms. The zero-order valence-electron chi connectivity index (χ0n) is 16.2. The lowest BCUT2D eigenvalue weighted by molar-refractivity contribution is -0.00767. The molecular weight excluding hydrogens is 342 g/mol. The van der Waals surface area contributed by atoms with Crippen molar-refractivity contribution >= 4 is 5.78 Å². The van der Waals surface area contributed by atoms with E-state index in [9.17, 15) is 9.59 Å². The molecule has 1 aliphatic rings. The van der Waals surface area contributed by atoms with E-state index < -0.39 is 0 Å². The van der Waals surface area contributed by atoms with Gasteiger partial charge in [0.2, 0.25) is 0 Å². The molecule has 0 aliphatic carbocycles. The summed E-state index contributed by atoms with van der Waals surface area (Å²) in [6.07, 6.45) is 1.81. The van der Waals surface area contributed by atoms with Crippen LogP contribution in [0.2, 0.25) is 0 Å². The number of rotatable bonds is 7. The number of carbonyl (C=O) groups is 1. The SMILES string of the molecule is Cc1cc(C)c(CCC(=O)c2ccc(C(C)OC3CCOC3)cc2)c(=O)[nH]1. The summed E-state index contributed by atoms with van der Waals surface area (Å²) in [6, 6.07) is 9.51. The van der Waals surface area contributed by atoms with Crippen molar-refractivity contribution in [3.8, 4) is 0 Å². The highest BCUT2D eigenvalue weighted by molar-refractivity contribution is 5.96. The Morgan fingerprint density at radius 2 is 2.04 bits per heavy atom. The first-order valence-electron chi connectivity index (χ1n) is 9.50. The fourth-order valence-corrected chi connectivity index (χ4v) is 3.50. The zero-order valence-corrected chi connectivity index (χ0v) is 16.2. The van der Waals surface area contributed by atoms with E-state index in [1.165, 1.54) is 0 Å². The first-order valence-corrected chi connectivity index (χ1v) is 9.50. The molecule has 3 rings (SSSR count). The molecule has 5 heteroatoms. The number of hydrogen-bond donors (Lipinski definition) is 1. The van der Waals surface area contributed by atoms with Crippen LogP contribution in [0.5, 0.6) is 0 Å². The summed E-state index contributed by atoms with van der Waals surface area (Å²) in [7, 11) is 0. The number of aryl methyl sites for hydroxylation is 2. The highest BCUT2D eigenvalue weighted by Crippen LogP contribution is 2.22. The lowest BCUT2D eigenvalue weighted by Crippen LogP contribution is -2.17. The Labute approximate surface area is 159 Å². The first-order chi connectivity index (χ1) is 12.9. The second-order valence-electron chi connectivity index (χ2n) is 7.25. The Kier molecular flexibility index (Phi) is 6.24. The van der Waals surface area contributed by atoms with Crippen LogP contribution in [-0.4, -0.2) is 30.1 Å². The molecule has 1 saturated heterocycles. The van der Waals surface area contributed by atoms with Crippen LogP contribution in [0, 0.1) is 13.8 Å². The minimum atomic E-state index is -0.0995. The topological polar surface area (TPSA) is 68.4 Å². The summed E-state index contributed by atoms with van der Waals surface area (Å²) < 4.78 is 11.3. The highest BCUT2D eigenvalue weighted by Gasteiger charge is 2.20. The van der Waals surface area contributed by atoms with Gasteiger partial charge in [0, 0.05) is 29.8 Å². The van der Waals surface area contributed by atoms with Crippen molar-refractivity contribution in [1.29, 1.82) is 0 Å². The van der Waals surface area contributed by atoms with Crippen LogP contribution in [0.3, 0.4) is 0 Å². The molecule has 0 amide bonds. The van der Waals surface area contributed by atoms with Gasteiger partial charge in [-0.25, -0.2) is 0 Å². The standard InChI is InChI=1S/C22H27NO4/c1-14-12-15(2)23-22(25)20(14)8-9-21(24)18-6-4-17(5-7-18)16(3)27-19-10-11-26-13-19/h4-7,12,16,19H,8-11,13H2,1-3H3,(H,23,25). The normalized spacial score (nSPS) is 17.8. The second-order valence-corrected chi connectivity index (χ2v) is 7.25. The highest BCUT2D eigenvalue weighted by atomic mass is 16.5. The molecule has 1 aromatic heterocycles. The van der Waals surface area contributed by atoms with E-state index in [0.29, 0.717) is 30.6 Å². The molecule has 0 saturated carbocycles. The molecule has 1 N–H and O–H groups in total. The third kappa shape index (κ3) is 4.93. The summed E-state index contributed by atoms with van der Waals surface area (Å²) in [4.78, 5) is 27.4. The zero-order chi connectivity index (χ0) is 19.4. The number of H-pyrrole nitrogens is 1. The number of nitrogens with one attached hydrogen (secondary N) is 1. The third-order valence-electron chi connectivity index (χ3n) is 5.08. The number of carbonyl (C=O) groups excluding carboxylic acids is 1. The van der Waals surface area contributed by atoms with Gasteiger partial charge in [-0.15, -0.1) is 0 Å². The monoisotopic (exact) mass is 369 g/mol. The molecular formula is C22H27NO4. The van der Waals surface area contributed by atoms with Crippen molar-refractivity contribution in [1.82, 2.24) is 4.98 Å². The number of Topliss-reactive ketones (excluding diaryl/α,β-unsaturated/α-hetero) is 1. The summed E-state index contributed by atoms with van der Waals surface area (Å²) in [5.41, 5.74) is 4.06. The summed E-state index contributed by atoms with van der Waals surface area (Å²) in [5.74, 6) is 0.0405. The average Bonchev–Trinajstić information content (AvgIpc) is 3.13. The molecule has 2 unspecified atom stereocenters. The Balaban J connectivity index is 1.60. The Morgan fingerprint density at radius 1 is 1.30 bits per heavy atom. The Hall–Kier alpha value is -2.24. The van der Waals surface area contributed by atoms with Crippen molar-refractivity contribution in [2.24, 2.45) is 0 Å². The molecule has 0 bridgehead atoms. The lowest BCUT2D eigenvalue weighted by Gasteiger charge is -2.18. The van der Waals surface area contributed by atoms with Crippen LogP contribution in [0.4, 0.5) is 0 Å². The molecule has 1 aromatic carbocycles. The number of ether oxygens (including phenoxy) is 2. The smallest absolute Gasteiger partial charge is 0.251 e. The molecule has 2 aromatic rings. The summed E-state index contributed by atoms with van der Waals surface area (Å²) in [6.45, 7) is 7.19. The van der Waals surface area contributed by atoms with Gasteiger partial charge in [-0.3, -0.25) is 9.59 Å². The Morgan fingerprint density at radius 3 is 2.67 bits per heavy atom. The first kappa shape index (κ1) is 19.5. The molecule has 1 aliphatic heterocycles. The number of ketones is 1. The summed E-state index contributed by atoms with van der Waals surface area (Å²) in [5, 5.41) is 0. The van der Waals surface area contributed by atoms with Crippen molar-refractivity contribution < 1.29 is 14.3 Å². The maximum Gasteiger partial charge on any atom is 0.251 e. The average molecular weight is 369 g/mol. The van der Waals surface area contributed by atoms with E-state index in [0.717, 1.165) is 29.8 Å². The fraction of sp³-hybridized carbons (Fsp3) is 0.455. The molecule has 27 heavy (non-hydrogen) atoms. The molecule has 5 nitrogen and oxygen atoms in total. The van der Waals surface area contributed by atoms with E-state index >= 15 is 0 Å². The van der Waals surface area contributed by atoms with Crippen LogP contribution in [-0.2, 0) is 15.9 Å². The van der Waals surface area contributed by atoms with Gasteiger partial charge in [0.25, 0.3) is 5.56 Å². The number of aromatic amines is 1. The van der Waals surface area contributed by atoms with Gasteiger partial charge in [-0.1, -0.05) is 24.3 Å². The fourth-order valence-electron chi connectivity index (χ4n) is 3.50. The maximum atomic E-state index is 12.5. The van der Waals surface area contributed by atoms with Crippen LogP contribution in [0.25, 0.3) is 0 Å². The van der Waals surface area contributed by atoms with Gasteiger partial charge < -0.3 is 14.5 Å². The van der Waals surface area contributed by atoms with Gasteiger partial charge in [0.1, 0.15) is 0 Å². The van der Waals surface area contributed by atoms with Crippen molar-refractivity contribution in [2.45, 2.75) is 52.2 Å². The largest absolute Gasteiger partial charge is 0.379 e. The van der Waals surface area contributed by atoms with E-state index in [4.69, 9.17) is 9.47 Å². The molecule has 2 heterocycles. The number of benzene rings is 1. The third-order valence-corrected chi connectivity index (χ3v) is 5.08. The second kappa shape index (κ2) is 8.63. The van der Waals surface area contributed by atoms with E-state index in [1.54, 1.807) is 0 Å². The van der Waals surface area contributed by atoms with Crippen LogP contribution < -0.4 is 5.56 Å². The van der Waals surface area contributed by atoms with Gasteiger partial charge >= 0.3 is 0 Å².